The third-order valence-electron chi connectivity index (χ3n) is 2.92. The largest absolute Gasteiger partial charge is 0.481 e. The van der Waals surface area contributed by atoms with Gasteiger partial charge in [-0.2, -0.15) is 5.10 Å². The van der Waals surface area contributed by atoms with Crippen molar-refractivity contribution in [3.05, 3.63) is 36.2 Å². The van der Waals surface area contributed by atoms with Gasteiger partial charge in [-0.05, 0) is 18.6 Å². The van der Waals surface area contributed by atoms with Gasteiger partial charge in [-0.3, -0.25) is 9.59 Å². The zero-order chi connectivity index (χ0) is 15.4. The van der Waals surface area contributed by atoms with Crippen molar-refractivity contribution in [3.8, 4) is 0 Å². The fourth-order valence-corrected chi connectivity index (χ4v) is 1.87. The number of aliphatic carboxylic acids is 2. The Hall–Kier alpha value is -2.90. The molecular formula is C13H13N3O5. The summed E-state index contributed by atoms with van der Waals surface area (Å²) in [5.74, 6) is -3.00. The molecule has 2 aromatic rings. The van der Waals surface area contributed by atoms with E-state index < -0.39 is 23.9 Å². The van der Waals surface area contributed by atoms with Crippen LogP contribution in [0.1, 0.15) is 23.2 Å². The highest BCUT2D eigenvalue weighted by atomic mass is 16.4. The maximum Gasteiger partial charge on any atom is 0.326 e. The molecule has 3 N–H and O–H groups in total. The van der Waals surface area contributed by atoms with Crippen LogP contribution in [-0.4, -0.2) is 43.7 Å². The van der Waals surface area contributed by atoms with Crippen molar-refractivity contribution in [1.29, 1.82) is 0 Å². The summed E-state index contributed by atoms with van der Waals surface area (Å²) in [6.45, 7) is 0. The van der Waals surface area contributed by atoms with E-state index in [0.717, 1.165) is 0 Å². The van der Waals surface area contributed by atoms with Gasteiger partial charge in [0.15, 0.2) is 0 Å². The van der Waals surface area contributed by atoms with Gasteiger partial charge in [-0.25, -0.2) is 9.31 Å². The molecule has 0 spiro atoms. The smallest absolute Gasteiger partial charge is 0.326 e. The van der Waals surface area contributed by atoms with E-state index in [1.807, 2.05) is 0 Å². The van der Waals surface area contributed by atoms with Gasteiger partial charge in [0.2, 0.25) is 0 Å². The number of carbonyl (C=O) groups excluding carboxylic acids is 1. The molecule has 0 saturated heterocycles. The number of nitrogens with one attached hydrogen (secondary N) is 1. The number of nitrogens with zero attached hydrogens (tertiary/aromatic N) is 2. The topological polar surface area (TPSA) is 121 Å². The normalized spacial score (nSPS) is 12.0. The highest BCUT2D eigenvalue weighted by molar-refractivity contribution is 6.02. The summed E-state index contributed by atoms with van der Waals surface area (Å²) in [4.78, 5) is 33.7. The van der Waals surface area contributed by atoms with E-state index in [4.69, 9.17) is 10.2 Å². The van der Waals surface area contributed by atoms with Crippen LogP contribution in [0, 0.1) is 0 Å². The first-order chi connectivity index (χ1) is 9.99. The van der Waals surface area contributed by atoms with Crippen LogP contribution in [0.2, 0.25) is 0 Å². The minimum Gasteiger partial charge on any atom is -0.481 e. The van der Waals surface area contributed by atoms with Gasteiger partial charge in [0.05, 0.1) is 17.3 Å². The lowest BCUT2D eigenvalue weighted by Gasteiger charge is -2.12. The van der Waals surface area contributed by atoms with E-state index >= 15 is 0 Å². The van der Waals surface area contributed by atoms with Gasteiger partial charge in [0, 0.05) is 12.6 Å². The van der Waals surface area contributed by atoms with Crippen molar-refractivity contribution in [2.75, 3.05) is 0 Å². The zero-order valence-corrected chi connectivity index (χ0v) is 10.9. The molecule has 0 radical (unpaired) electrons. The first-order valence-electron chi connectivity index (χ1n) is 6.17. The minimum atomic E-state index is -1.28. The number of rotatable bonds is 6. The summed E-state index contributed by atoms with van der Waals surface area (Å²) in [7, 11) is 0. The summed E-state index contributed by atoms with van der Waals surface area (Å²) >= 11 is 0. The summed E-state index contributed by atoms with van der Waals surface area (Å²) in [6.07, 6.45) is 2.47. The Kier molecular flexibility index (Phi) is 4.17. The van der Waals surface area contributed by atoms with Crippen LogP contribution in [-0.2, 0) is 9.59 Å². The predicted octanol–water partition coefficient (Wildman–Crippen LogP) is 0.382. The highest BCUT2D eigenvalue weighted by Crippen LogP contribution is 2.10. The van der Waals surface area contributed by atoms with Crippen molar-refractivity contribution in [2.45, 2.75) is 18.9 Å². The molecule has 2 aromatic heterocycles. The number of carboxylic acids is 2. The van der Waals surface area contributed by atoms with E-state index in [-0.39, 0.29) is 18.4 Å². The molecule has 0 saturated carbocycles. The van der Waals surface area contributed by atoms with Gasteiger partial charge in [0.25, 0.3) is 5.91 Å². The van der Waals surface area contributed by atoms with E-state index in [1.165, 1.54) is 10.7 Å². The molecule has 0 aliphatic heterocycles. The molecule has 1 amide bonds. The Bertz CT molecular complexity index is 694. The van der Waals surface area contributed by atoms with Crippen LogP contribution >= 0.6 is 0 Å². The van der Waals surface area contributed by atoms with Crippen LogP contribution in [0.5, 0.6) is 0 Å². The Morgan fingerprint density at radius 1 is 1.29 bits per heavy atom. The van der Waals surface area contributed by atoms with Gasteiger partial charge in [-0.1, -0.05) is 6.07 Å². The molecule has 1 atom stereocenters. The van der Waals surface area contributed by atoms with Crippen LogP contribution in [0.3, 0.4) is 0 Å². The first kappa shape index (κ1) is 14.5. The van der Waals surface area contributed by atoms with Crippen molar-refractivity contribution in [2.24, 2.45) is 0 Å². The van der Waals surface area contributed by atoms with Crippen LogP contribution in [0.15, 0.2) is 30.6 Å². The van der Waals surface area contributed by atoms with Crippen LogP contribution < -0.4 is 5.32 Å². The molecule has 0 aliphatic carbocycles. The fraction of sp³-hybridized carbons (Fsp3) is 0.231. The summed E-state index contributed by atoms with van der Waals surface area (Å²) in [5, 5.41) is 23.9. The Morgan fingerprint density at radius 2 is 2.05 bits per heavy atom. The number of carbonyl (C=O) groups is 3. The van der Waals surface area contributed by atoms with E-state index in [0.29, 0.717) is 5.52 Å². The lowest BCUT2D eigenvalue weighted by Crippen LogP contribution is -2.41. The number of pyridine rings is 1. The Balaban J connectivity index is 2.15. The quantitative estimate of drug-likeness (QED) is 0.707. The Labute approximate surface area is 119 Å². The van der Waals surface area contributed by atoms with Crippen molar-refractivity contribution >= 4 is 23.4 Å². The molecular weight excluding hydrogens is 278 g/mol. The van der Waals surface area contributed by atoms with Crippen molar-refractivity contribution in [1.82, 2.24) is 14.9 Å². The molecule has 0 aliphatic rings. The average Bonchev–Trinajstić information content (AvgIpc) is 2.86. The Morgan fingerprint density at radius 3 is 2.71 bits per heavy atom. The summed E-state index contributed by atoms with van der Waals surface area (Å²) < 4.78 is 1.49. The highest BCUT2D eigenvalue weighted by Gasteiger charge is 2.23. The van der Waals surface area contributed by atoms with Gasteiger partial charge < -0.3 is 15.5 Å². The third-order valence-corrected chi connectivity index (χ3v) is 2.92. The molecule has 21 heavy (non-hydrogen) atoms. The second-order valence-electron chi connectivity index (χ2n) is 4.39. The standard InChI is InChI=1S/C13H13N3O5/c17-11(18)5-4-9(13(20)21)15-12(19)8-7-14-16-6-2-1-3-10(8)16/h1-3,6-7,9H,4-5H2,(H,15,19)(H,17,18)(H,20,21)/t9-/m0/s1. The number of fused-ring (bicyclic) bond motifs is 1. The third kappa shape index (κ3) is 3.35. The molecule has 0 fully saturated rings. The number of carboxylic acid groups (broad SMARTS) is 2. The zero-order valence-electron chi connectivity index (χ0n) is 10.9. The van der Waals surface area contributed by atoms with Crippen molar-refractivity contribution in [3.63, 3.8) is 0 Å². The van der Waals surface area contributed by atoms with E-state index in [1.54, 1.807) is 24.4 Å². The van der Waals surface area contributed by atoms with Gasteiger partial charge >= 0.3 is 11.9 Å². The number of aromatic nitrogens is 2. The maximum absolute atomic E-state index is 12.1. The molecule has 2 heterocycles. The molecule has 8 heteroatoms. The molecule has 8 nitrogen and oxygen atoms in total. The van der Waals surface area contributed by atoms with E-state index in [9.17, 15) is 14.4 Å². The van der Waals surface area contributed by atoms with Gasteiger partial charge in [0.1, 0.15) is 6.04 Å². The van der Waals surface area contributed by atoms with Crippen molar-refractivity contribution < 1.29 is 24.6 Å². The average molecular weight is 291 g/mol. The maximum atomic E-state index is 12.1. The fourth-order valence-electron chi connectivity index (χ4n) is 1.87. The van der Waals surface area contributed by atoms with Gasteiger partial charge in [-0.15, -0.1) is 0 Å². The van der Waals surface area contributed by atoms with Crippen LogP contribution in [0.25, 0.3) is 5.52 Å². The first-order valence-corrected chi connectivity index (χ1v) is 6.17. The number of hydrogen-bond donors (Lipinski definition) is 3. The minimum absolute atomic E-state index is 0.185. The second-order valence-corrected chi connectivity index (χ2v) is 4.39. The lowest BCUT2D eigenvalue weighted by molar-refractivity contribution is -0.140. The summed E-state index contributed by atoms with van der Waals surface area (Å²) in [6, 6.07) is 3.89. The SMILES string of the molecule is O=C(O)CC[C@H](NC(=O)c1cnn2ccccc12)C(=O)O. The lowest BCUT2D eigenvalue weighted by atomic mass is 10.1. The molecule has 110 valence electrons. The molecule has 0 unspecified atom stereocenters. The van der Waals surface area contributed by atoms with E-state index in [2.05, 4.69) is 10.4 Å². The number of hydrogen-bond acceptors (Lipinski definition) is 4. The molecule has 0 bridgehead atoms. The number of amides is 1. The molecule has 0 aromatic carbocycles. The molecule has 2 rings (SSSR count). The summed E-state index contributed by atoms with van der Waals surface area (Å²) in [5.41, 5.74) is 0.773. The van der Waals surface area contributed by atoms with Crippen LogP contribution in [0.4, 0.5) is 0 Å². The predicted molar refractivity (Wildman–Crippen MR) is 71.0 cm³/mol. The second kappa shape index (κ2) is 6.04. The monoisotopic (exact) mass is 291 g/mol.